The highest BCUT2D eigenvalue weighted by atomic mass is 16.5. The summed E-state index contributed by atoms with van der Waals surface area (Å²) in [5, 5.41) is 2.39. The molecule has 1 amide bonds. The van der Waals surface area contributed by atoms with Gasteiger partial charge in [0, 0.05) is 44.2 Å². The second kappa shape index (κ2) is 7.72. The molecule has 4 heterocycles. The summed E-state index contributed by atoms with van der Waals surface area (Å²) in [4.78, 5) is 28.4. The second-order valence-corrected chi connectivity index (χ2v) is 9.84. The number of ether oxygens (including phenoxy) is 1. The van der Waals surface area contributed by atoms with Crippen molar-refractivity contribution in [1.29, 1.82) is 0 Å². The Labute approximate surface area is 199 Å². The summed E-state index contributed by atoms with van der Waals surface area (Å²) in [6, 6.07) is 12.7. The summed E-state index contributed by atoms with van der Waals surface area (Å²) in [5.41, 5.74) is 3.26. The van der Waals surface area contributed by atoms with E-state index in [1.165, 1.54) is 22.4 Å². The maximum atomic E-state index is 12.0. The summed E-state index contributed by atoms with van der Waals surface area (Å²) in [6.07, 6.45) is 2.43. The third kappa shape index (κ3) is 3.22. The number of nitrogens with zero attached hydrogens (tertiary/aromatic N) is 5. The molecule has 174 valence electrons. The molecular formula is C27H29N5O2. The van der Waals surface area contributed by atoms with Gasteiger partial charge in [0.15, 0.2) is 11.6 Å². The Morgan fingerprint density at radius 1 is 1.12 bits per heavy atom. The number of anilines is 2. The molecule has 7 nitrogen and oxygen atoms in total. The van der Waals surface area contributed by atoms with E-state index in [0.29, 0.717) is 6.61 Å². The van der Waals surface area contributed by atoms with Gasteiger partial charge in [0.05, 0.1) is 6.54 Å². The first-order valence-electron chi connectivity index (χ1n) is 11.9. The van der Waals surface area contributed by atoms with Crippen LogP contribution in [0, 0.1) is 12.3 Å². The molecule has 1 aromatic heterocycles. The van der Waals surface area contributed by atoms with Crippen molar-refractivity contribution in [2.75, 3.05) is 56.2 Å². The minimum absolute atomic E-state index is 0.0153. The Morgan fingerprint density at radius 2 is 1.91 bits per heavy atom. The van der Waals surface area contributed by atoms with Crippen LogP contribution in [0.4, 0.5) is 11.8 Å². The Bertz CT molecular complexity index is 1310. The molecule has 34 heavy (non-hydrogen) atoms. The third-order valence-electron chi connectivity index (χ3n) is 7.50. The summed E-state index contributed by atoms with van der Waals surface area (Å²) < 4.78 is 6.17. The molecule has 0 aliphatic carbocycles. The predicted molar refractivity (Wildman–Crippen MR) is 135 cm³/mol. The molecule has 0 bridgehead atoms. The van der Waals surface area contributed by atoms with Crippen LogP contribution in [-0.4, -0.2) is 67.2 Å². The van der Waals surface area contributed by atoms with E-state index in [1.54, 1.807) is 0 Å². The number of rotatable bonds is 3. The predicted octanol–water partition coefficient (Wildman–Crippen LogP) is 3.66. The molecule has 3 aromatic rings. The number of likely N-dealkylation sites (tertiary alicyclic amines) is 1. The molecule has 2 fully saturated rings. The molecule has 0 saturated carbocycles. The lowest BCUT2D eigenvalue weighted by Gasteiger charge is -2.47. The fourth-order valence-electron chi connectivity index (χ4n) is 5.67. The number of carbonyl (C=O) groups is 1. The lowest BCUT2D eigenvalue weighted by atomic mass is 9.79. The number of likely N-dealkylation sites (N-methyl/N-ethyl adjacent to an activating group) is 1. The maximum absolute atomic E-state index is 12.0. The first kappa shape index (κ1) is 21.0. The van der Waals surface area contributed by atoms with Gasteiger partial charge in [-0.15, -0.1) is 0 Å². The van der Waals surface area contributed by atoms with Gasteiger partial charge in [-0.1, -0.05) is 43.0 Å². The standard InChI is InChI=1S/C27H29N5O2/c1-4-21(33)32-16-27(17-32)11-12-31(15-27)26-28-23(24-25(29-26)30(3)13-14-34-24)20-10-6-9-19-8-5-7-18(2)22(19)20/h4-10H,1,11-17H2,2-3H3. The third-order valence-corrected chi connectivity index (χ3v) is 7.50. The van der Waals surface area contributed by atoms with Crippen LogP contribution in [0.5, 0.6) is 5.75 Å². The topological polar surface area (TPSA) is 61.8 Å². The van der Waals surface area contributed by atoms with Crippen molar-refractivity contribution < 1.29 is 9.53 Å². The molecule has 3 aliphatic heterocycles. The lowest BCUT2D eigenvalue weighted by Crippen LogP contribution is -2.59. The van der Waals surface area contributed by atoms with E-state index in [-0.39, 0.29) is 11.3 Å². The van der Waals surface area contributed by atoms with E-state index < -0.39 is 0 Å². The molecule has 7 heteroatoms. The van der Waals surface area contributed by atoms with Crippen LogP contribution >= 0.6 is 0 Å². The molecule has 2 saturated heterocycles. The van der Waals surface area contributed by atoms with Crippen LogP contribution < -0.4 is 14.5 Å². The van der Waals surface area contributed by atoms with Gasteiger partial charge in [0.2, 0.25) is 11.9 Å². The second-order valence-electron chi connectivity index (χ2n) is 9.84. The first-order chi connectivity index (χ1) is 16.5. The van der Waals surface area contributed by atoms with Crippen LogP contribution in [0.1, 0.15) is 12.0 Å². The molecule has 1 spiro atoms. The number of hydrogen-bond acceptors (Lipinski definition) is 6. The monoisotopic (exact) mass is 455 g/mol. The number of amides is 1. The zero-order valence-corrected chi connectivity index (χ0v) is 19.8. The van der Waals surface area contributed by atoms with Crippen molar-refractivity contribution in [3.05, 3.63) is 54.6 Å². The number of aryl methyl sites for hydroxylation is 1. The van der Waals surface area contributed by atoms with Crippen molar-refractivity contribution in [2.45, 2.75) is 13.3 Å². The van der Waals surface area contributed by atoms with E-state index >= 15 is 0 Å². The molecule has 3 aliphatic rings. The van der Waals surface area contributed by atoms with Crippen LogP contribution in [-0.2, 0) is 4.79 Å². The van der Waals surface area contributed by atoms with Gasteiger partial charge in [0.1, 0.15) is 12.3 Å². The van der Waals surface area contributed by atoms with Gasteiger partial charge in [0.25, 0.3) is 0 Å². The van der Waals surface area contributed by atoms with Crippen molar-refractivity contribution in [1.82, 2.24) is 14.9 Å². The van der Waals surface area contributed by atoms with Gasteiger partial charge >= 0.3 is 0 Å². The van der Waals surface area contributed by atoms with Gasteiger partial charge < -0.3 is 19.4 Å². The van der Waals surface area contributed by atoms with E-state index in [4.69, 9.17) is 14.7 Å². The summed E-state index contributed by atoms with van der Waals surface area (Å²) in [6.45, 7) is 10.5. The Kier molecular flexibility index (Phi) is 4.76. The summed E-state index contributed by atoms with van der Waals surface area (Å²) in [5.74, 6) is 2.35. The average Bonchev–Trinajstić information content (AvgIpc) is 3.28. The molecule has 0 N–H and O–H groups in total. The fourth-order valence-corrected chi connectivity index (χ4v) is 5.67. The fraction of sp³-hybridized carbons (Fsp3) is 0.370. The molecule has 6 rings (SSSR count). The van der Waals surface area contributed by atoms with Crippen molar-refractivity contribution in [3.63, 3.8) is 0 Å². The number of fused-ring (bicyclic) bond motifs is 2. The highest BCUT2D eigenvalue weighted by Crippen LogP contribution is 2.45. The minimum atomic E-state index is 0.0153. The Morgan fingerprint density at radius 3 is 2.71 bits per heavy atom. The number of hydrogen-bond donors (Lipinski definition) is 0. The number of carbonyl (C=O) groups excluding carboxylic acids is 1. The smallest absolute Gasteiger partial charge is 0.245 e. The summed E-state index contributed by atoms with van der Waals surface area (Å²) in [7, 11) is 2.06. The van der Waals surface area contributed by atoms with Gasteiger partial charge in [-0.3, -0.25) is 4.79 Å². The first-order valence-corrected chi connectivity index (χ1v) is 11.9. The van der Waals surface area contributed by atoms with E-state index in [2.05, 4.69) is 66.7 Å². The SMILES string of the molecule is C=CC(=O)N1CC2(CCN(c3nc(-c4cccc5cccc(C)c45)c4c(n3)N(C)CCO4)C2)C1. The van der Waals surface area contributed by atoms with Crippen LogP contribution in [0.15, 0.2) is 49.1 Å². The van der Waals surface area contributed by atoms with Crippen LogP contribution in [0.25, 0.3) is 22.0 Å². The minimum Gasteiger partial charge on any atom is -0.486 e. The zero-order valence-electron chi connectivity index (χ0n) is 19.8. The van der Waals surface area contributed by atoms with Crippen molar-refractivity contribution in [2.24, 2.45) is 5.41 Å². The van der Waals surface area contributed by atoms with Gasteiger partial charge in [-0.2, -0.15) is 4.98 Å². The Hall–Kier alpha value is -3.61. The summed E-state index contributed by atoms with van der Waals surface area (Å²) >= 11 is 0. The van der Waals surface area contributed by atoms with Crippen molar-refractivity contribution >= 4 is 28.4 Å². The molecular weight excluding hydrogens is 426 g/mol. The normalized spacial score (nSPS) is 18.6. The van der Waals surface area contributed by atoms with Gasteiger partial charge in [-0.25, -0.2) is 4.98 Å². The lowest BCUT2D eigenvalue weighted by molar-refractivity contribution is -0.136. The van der Waals surface area contributed by atoms with Gasteiger partial charge in [-0.05, 0) is 35.8 Å². The van der Waals surface area contributed by atoms with E-state index in [0.717, 1.165) is 67.9 Å². The Balaban J connectivity index is 1.42. The quantitative estimate of drug-likeness (QED) is 0.562. The molecule has 0 radical (unpaired) electrons. The average molecular weight is 456 g/mol. The van der Waals surface area contributed by atoms with Crippen molar-refractivity contribution in [3.8, 4) is 17.0 Å². The molecule has 0 unspecified atom stereocenters. The van der Waals surface area contributed by atoms with Crippen LogP contribution in [0.2, 0.25) is 0 Å². The number of benzene rings is 2. The highest BCUT2D eigenvalue weighted by Gasteiger charge is 2.49. The largest absolute Gasteiger partial charge is 0.486 e. The zero-order chi connectivity index (χ0) is 23.4. The number of aromatic nitrogens is 2. The van der Waals surface area contributed by atoms with E-state index in [9.17, 15) is 4.79 Å². The van der Waals surface area contributed by atoms with E-state index in [1.807, 2.05) is 4.90 Å². The molecule has 0 atom stereocenters. The van der Waals surface area contributed by atoms with Crippen LogP contribution in [0.3, 0.4) is 0 Å². The highest BCUT2D eigenvalue weighted by molar-refractivity contribution is 6.00. The molecule has 2 aromatic carbocycles. The maximum Gasteiger partial charge on any atom is 0.245 e.